The molecule has 0 spiro atoms. The molecule has 22 heavy (non-hydrogen) atoms. The zero-order chi connectivity index (χ0) is 14.9. The molecule has 3 heterocycles. The highest BCUT2D eigenvalue weighted by atomic mass is 35.5. The molecule has 0 aliphatic rings. The summed E-state index contributed by atoms with van der Waals surface area (Å²) >= 11 is 7.57. The van der Waals surface area contributed by atoms with Crippen LogP contribution in [0.15, 0.2) is 46.3 Å². The van der Waals surface area contributed by atoms with E-state index in [9.17, 15) is 0 Å². The number of benzene rings is 1. The maximum Gasteiger partial charge on any atom is 0.177 e. The van der Waals surface area contributed by atoms with Crippen molar-refractivity contribution >= 4 is 34.0 Å². The zero-order valence-electron chi connectivity index (χ0n) is 11.1. The van der Waals surface area contributed by atoms with E-state index in [0.29, 0.717) is 21.7 Å². The molecule has 4 aromatic rings. The monoisotopic (exact) mass is 332 g/mol. The van der Waals surface area contributed by atoms with Crippen LogP contribution in [0.5, 0.6) is 0 Å². The summed E-state index contributed by atoms with van der Waals surface area (Å²) in [6, 6.07) is 11.1. The lowest BCUT2D eigenvalue weighted by molar-refractivity contribution is 0.0715. The van der Waals surface area contributed by atoms with Gasteiger partial charge in [0, 0.05) is 11.1 Å². The van der Waals surface area contributed by atoms with Crippen molar-refractivity contribution in [1.82, 2.24) is 20.3 Å². The van der Waals surface area contributed by atoms with Gasteiger partial charge in [0.15, 0.2) is 12.4 Å². The molecule has 0 amide bonds. The molecule has 0 unspecified atom stereocenters. The summed E-state index contributed by atoms with van der Waals surface area (Å²) in [6.45, 7) is 0.222. The molecule has 4 rings (SSSR count). The van der Waals surface area contributed by atoms with Gasteiger partial charge in [-0.15, -0.1) is 16.4 Å². The van der Waals surface area contributed by atoms with Crippen LogP contribution in [-0.2, 0) is 6.61 Å². The molecule has 6 nitrogen and oxygen atoms in total. The molecule has 8 heteroatoms. The summed E-state index contributed by atoms with van der Waals surface area (Å²) in [7, 11) is 0. The molecule has 0 atom stereocenters. The van der Waals surface area contributed by atoms with Crippen LogP contribution >= 0.6 is 22.9 Å². The normalized spacial score (nSPS) is 11.1. The third-order valence-corrected chi connectivity index (χ3v) is 4.15. The van der Waals surface area contributed by atoms with E-state index in [1.54, 1.807) is 29.5 Å². The molecule has 0 aliphatic carbocycles. The molecule has 0 bridgehead atoms. The Morgan fingerprint density at radius 3 is 3.09 bits per heavy atom. The fourth-order valence-corrected chi connectivity index (χ4v) is 2.85. The highest BCUT2D eigenvalue weighted by Crippen LogP contribution is 2.25. The van der Waals surface area contributed by atoms with Gasteiger partial charge in [-0.1, -0.05) is 27.7 Å². The number of hydrogen-bond acceptors (Lipinski definition) is 6. The summed E-state index contributed by atoms with van der Waals surface area (Å²) < 4.78 is 5.30. The lowest BCUT2D eigenvalue weighted by Crippen LogP contribution is -2.12. The van der Waals surface area contributed by atoms with Crippen LogP contribution in [0.3, 0.4) is 0 Å². The van der Waals surface area contributed by atoms with E-state index in [0.717, 1.165) is 10.6 Å². The second-order valence-electron chi connectivity index (χ2n) is 4.53. The summed E-state index contributed by atoms with van der Waals surface area (Å²) in [4.78, 5) is 7.96. The first kappa shape index (κ1) is 13.3. The van der Waals surface area contributed by atoms with Crippen molar-refractivity contribution in [3.8, 4) is 10.6 Å². The van der Waals surface area contributed by atoms with Gasteiger partial charge in [-0.25, -0.2) is 0 Å². The van der Waals surface area contributed by atoms with Gasteiger partial charge in [-0.3, -0.25) is 0 Å². The number of halogens is 1. The molecule has 1 aromatic carbocycles. The third kappa shape index (κ3) is 2.44. The topological polar surface area (TPSA) is 66.0 Å². The van der Waals surface area contributed by atoms with Gasteiger partial charge in [-0.05, 0) is 34.9 Å². The highest BCUT2D eigenvalue weighted by molar-refractivity contribution is 7.13. The number of hydrogen-bond donors (Lipinski definition) is 0. The Morgan fingerprint density at radius 1 is 1.27 bits per heavy atom. The second kappa shape index (κ2) is 5.43. The van der Waals surface area contributed by atoms with Gasteiger partial charge in [0.25, 0.3) is 0 Å². The van der Waals surface area contributed by atoms with E-state index in [-0.39, 0.29) is 6.61 Å². The van der Waals surface area contributed by atoms with Crippen LogP contribution in [0.25, 0.3) is 21.7 Å². The SMILES string of the molecule is Clc1ccc2nnn(OCc3cc(-c4cccs4)on3)c2c1. The van der Waals surface area contributed by atoms with E-state index in [4.69, 9.17) is 21.0 Å². The molecule has 110 valence electrons. The molecule has 3 aromatic heterocycles. The molecule has 0 radical (unpaired) electrons. The Bertz CT molecular complexity index is 916. The van der Waals surface area contributed by atoms with Crippen molar-refractivity contribution in [2.45, 2.75) is 6.61 Å². The minimum Gasteiger partial charge on any atom is -0.388 e. The lowest BCUT2D eigenvalue weighted by atomic mass is 10.3. The fraction of sp³-hybridized carbons (Fsp3) is 0.0714. The molecule has 0 saturated carbocycles. The fourth-order valence-electron chi connectivity index (χ4n) is 2.01. The van der Waals surface area contributed by atoms with Gasteiger partial charge in [0.05, 0.1) is 4.88 Å². The van der Waals surface area contributed by atoms with Gasteiger partial charge < -0.3 is 9.36 Å². The largest absolute Gasteiger partial charge is 0.388 e. The van der Waals surface area contributed by atoms with E-state index in [1.807, 2.05) is 23.6 Å². The van der Waals surface area contributed by atoms with Crippen LogP contribution in [0.2, 0.25) is 5.02 Å². The number of fused-ring (bicyclic) bond motifs is 1. The van der Waals surface area contributed by atoms with Crippen LogP contribution in [0.1, 0.15) is 5.69 Å². The van der Waals surface area contributed by atoms with Gasteiger partial charge in [-0.2, -0.15) is 0 Å². The minimum atomic E-state index is 0.222. The van der Waals surface area contributed by atoms with E-state index < -0.39 is 0 Å². The second-order valence-corrected chi connectivity index (χ2v) is 5.91. The number of thiophene rings is 1. The number of rotatable bonds is 4. The van der Waals surface area contributed by atoms with Gasteiger partial charge in [0.2, 0.25) is 0 Å². The highest BCUT2D eigenvalue weighted by Gasteiger charge is 2.10. The minimum absolute atomic E-state index is 0.222. The quantitative estimate of drug-likeness (QED) is 0.573. The van der Waals surface area contributed by atoms with Crippen molar-refractivity contribution in [3.05, 3.63) is 52.5 Å². The first-order valence-electron chi connectivity index (χ1n) is 6.43. The zero-order valence-corrected chi connectivity index (χ0v) is 12.7. The number of aromatic nitrogens is 4. The lowest BCUT2D eigenvalue weighted by Gasteiger charge is -2.02. The third-order valence-electron chi connectivity index (χ3n) is 3.03. The van der Waals surface area contributed by atoms with Gasteiger partial charge >= 0.3 is 0 Å². The smallest absolute Gasteiger partial charge is 0.177 e. The van der Waals surface area contributed by atoms with E-state index >= 15 is 0 Å². The Hall–Kier alpha value is -2.38. The summed E-state index contributed by atoms with van der Waals surface area (Å²) in [5, 5.41) is 14.5. The van der Waals surface area contributed by atoms with Gasteiger partial charge in [0.1, 0.15) is 16.7 Å². The first-order valence-corrected chi connectivity index (χ1v) is 7.69. The Balaban J connectivity index is 1.53. The maximum atomic E-state index is 5.97. The van der Waals surface area contributed by atoms with Crippen molar-refractivity contribution in [3.63, 3.8) is 0 Å². The van der Waals surface area contributed by atoms with Crippen molar-refractivity contribution < 1.29 is 9.36 Å². The van der Waals surface area contributed by atoms with Crippen LogP contribution < -0.4 is 4.84 Å². The molecule has 0 N–H and O–H groups in total. The Labute approximate surface area is 133 Å². The summed E-state index contributed by atoms with van der Waals surface area (Å²) in [5.74, 6) is 0.722. The summed E-state index contributed by atoms with van der Waals surface area (Å²) in [5.41, 5.74) is 2.09. The van der Waals surface area contributed by atoms with Crippen molar-refractivity contribution in [2.75, 3.05) is 0 Å². The molecule has 0 aliphatic heterocycles. The van der Waals surface area contributed by atoms with Crippen LogP contribution in [0.4, 0.5) is 0 Å². The first-order chi connectivity index (χ1) is 10.8. The average Bonchev–Trinajstić information content (AvgIpc) is 3.25. The van der Waals surface area contributed by atoms with Crippen LogP contribution in [0, 0.1) is 0 Å². The average molecular weight is 333 g/mol. The van der Waals surface area contributed by atoms with E-state index in [1.165, 1.54) is 4.85 Å². The molecular formula is C14H9ClN4O2S. The molecule has 0 saturated heterocycles. The summed E-state index contributed by atoms with van der Waals surface area (Å²) in [6.07, 6.45) is 0. The predicted molar refractivity (Wildman–Crippen MR) is 82.6 cm³/mol. The van der Waals surface area contributed by atoms with Crippen molar-refractivity contribution in [1.29, 1.82) is 0 Å². The van der Waals surface area contributed by atoms with Crippen molar-refractivity contribution in [2.24, 2.45) is 0 Å². The van der Waals surface area contributed by atoms with E-state index in [2.05, 4.69) is 15.5 Å². The number of nitrogens with zero attached hydrogens (tertiary/aromatic N) is 4. The molecular weight excluding hydrogens is 324 g/mol. The standard InChI is InChI=1S/C14H9ClN4O2S/c15-9-3-4-11-12(6-9)19(18-16-11)20-8-10-7-13(21-17-10)14-2-1-5-22-14/h1-7H,8H2. The Kier molecular flexibility index (Phi) is 3.28. The van der Waals surface area contributed by atoms with Crippen LogP contribution in [-0.4, -0.2) is 20.3 Å². The maximum absolute atomic E-state index is 5.97. The molecule has 0 fully saturated rings. The predicted octanol–water partition coefficient (Wildman–Crippen LogP) is 3.43. The Morgan fingerprint density at radius 2 is 2.23 bits per heavy atom.